The van der Waals surface area contributed by atoms with Crippen molar-refractivity contribution in [2.24, 2.45) is 5.41 Å². The number of likely N-dealkylation sites (tertiary alicyclic amines) is 1. The summed E-state index contributed by atoms with van der Waals surface area (Å²) in [7, 11) is 0. The van der Waals surface area contributed by atoms with E-state index in [0.29, 0.717) is 0 Å². The molecule has 1 N–H and O–H groups in total. The lowest BCUT2D eigenvalue weighted by Crippen LogP contribution is -2.42. The molecule has 0 aromatic rings. The number of rotatable bonds is 3. The van der Waals surface area contributed by atoms with Gasteiger partial charge in [-0.2, -0.15) is 0 Å². The van der Waals surface area contributed by atoms with Gasteiger partial charge in [-0.1, -0.05) is 19.3 Å². The summed E-state index contributed by atoms with van der Waals surface area (Å²) in [5, 5.41) is 3.68. The van der Waals surface area contributed by atoms with Crippen LogP contribution in [-0.2, 0) is 0 Å². The molecule has 0 radical (unpaired) electrons. The average molecular weight is 250 g/mol. The van der Waals surface area contributed by atoms with Crippen LogP contribution in [0.4, 0.5) is 0 Å². The van der Waals surface area contributed by atoms with Gasteiger partial charge in [-0.05, 0) is 76.5 Å². The van der Waals surface area contributed by atoms with E-state index in [2.05, 4.69) is 10.2 Å². The van der Waals surface area contributed by atoms with Gasteiger partial charge in [-0.25, -0.2) is 0 Å². The fraction of sp³-hybridized carbons (Fsp3) is 1.00. The zero-order valence-electron chi connectivity index (χ0n) is 11.9. The topological polar surface area (TPSA) is 15.3 Å². The molecule has 1 unspecified atom stereocenters. The van der Waals surface area contributed by atoms with Crippen molar-refractivity contribution in [1.82, 2.24) is 10.2 Å². The number of nitrogens with one attached hydrogen (secondary N) is 1. The van der Waals surface area contributed by atoms with Crippen molar-refractivity contribution >= 4 is 0 Å². The number of nitrogens with zero attached hydrogens (tertiary/aromatic N) is 1. The minimum atomic E-state index is 0.791. The maximum atomic E-state index is 3.68. The van der Waals surface area contributed by atoms with Crippen molar-refractivity contribution in [1.29, 1.82) is 0 Å². The van der Waals surface area contributed by atoms with E-state index in [9.17, 15) is 0 Å². The van der Waals surface area contributed by atoms with E-state index < -0.39 is 0 Å². The molecule has 0 amide bonds. The van der Waals surface area contributed by atoms with Gasteiger partial charge in [0.05, 0.1) is 0 Å². The second kappa shape index (κ2) is 5.92. The molecule has 3 rings (SSSR count). The Labute approximate surface area is 113 Å². The monoisotopic (exact) mass is 250 g/mol. The Hall–Kier alpha value is -0.0800. The summed E-state index contributed by atoms with van der Waals surface area (Å²) in [6.45, 7) is 5.36. The Morgan fingerprint density at radius 2 is 1.72 bits per heavy atom. The maximum Gasteiger partial charge on any atom is 0.00792 e. The van der Waals surface area contributed by atoms with Crippen LogP contribution in [0.5, 0.6) is 0 Å². The highest BCUT2D eigenvalue weighted by molar-refractivity contribution is 4.90. The van der Waals surface area contributed by atoms with E-state index in [1.807, 2.05) is 0 Å². The molecule has 104 valence electrons. The van der Waals surface area contributed by atoms with E-state index in [0.717, 1.165) is 11.5 Å². The lowest BCUT2D eigenvalue weighted by molar-refractivity contribution is 0.104. The van der Waals surface area contributed by atoms with E-state index in [4.69, 9.17) is 0 Å². The van der Waals surface area contributed by atoms with Gasteiger partial charge in [0.15, 0.2) is 0 Å². The molecular weight excluding hydrogens is 220 g/mol. The zero-order valence-corrected chi connectivity index (χ0v) is 11.9. The highest BCUT2D eigenvalue weighted by Crippen LogP contribution is 2.46. The molecule has 0 aromatic carbocycles. The quantitative estimate of drug-likeness (QED) is 0.827. The highest BCUT2D eigenvalue weighted by Gasteiger charge is 2.36. The van der Waals surface area contributed by atoms with Crippen LogP contribution in [0.25, 0.3) is 0 Å². The Balaban J connectivity index is 1.37. The number of piperidine rings is 2. The summed E-state index contributed by atoms with van der Waals surface area (Å²) in [5.41, 5.74) is 0.791. The highest BCUT2D eigenvalue weighted by atomic mass is 15.1. The molecule has 1 saturated carbocycles. The molecule has 18 heavy (non-hydrogen) atoms. The third-order valence-corrected chi connectivity index (χ3v) is 5.79. The molecule has 3 fully saturated rings. The predicted octanol–water partition coefficient (Wildman–Crippen LogP) is 3.17. The third kappa shape index (κ3) is 3.08. The average Bonchev–Trinajstić information content (AvgIpc) is 2.88. The smallest absolute Gasteiger partial charge is 0.00792 e. The molecule has 3 aliphatic rings. The van der Waals surface area contributed by atoms with Crippen molar-refractivity contribution in [3.8, 4) is 0 Å². The van der Waals surface area contributed by atoms with Crippen LogP contribution in [0, 0.1) is 5.41 Å². The van der Waals surface area contributed by atoms with Crippen molar-refractivity contribution in [2.75, 3.05) is 26.2 Å². The Bertz CT molecular complexity index is 242. The Morgan fingerprint density at radius 1 is 0.944 bits per heavy atom. The standard InChI is InChI=1S/C16H30N2/c1-4-11-17-15(5-1)6-12-18-13-9-16(10-14-18)7-2-3-8-16/h15,17H,1-14H2. The molecule has 2 aliphatic heterocycles. The first-order chi connectivity index (χ1) is 8.86. The second-order valence-electron chi connectivity index (χ2n) is 6.98. The first-order valence-corrected chi connectivity index (χ1v) is 8.32. The van der Waals surface area contributed by atoms with Crippen molar-refractivity contribution in [3.05, 3.63) is 0 Å². The van der Waals surface area contributed by atoms with Crippen molar-refractivity contribution < 1.29 is 0 Å². The van der Waals surface area contributed by atoms with E-state index in [1.54, 1.807) is 0 Å². The number of hydrogen-bond acceptors (Lipinski definition) is 2. The van der Waals surface area contributed by atoms with Gasteiger partial charge >= 0.3 is 0 Å². The normalized spacial score (nSPS) is 33.0. The van der Waals surface area contributed by atoms with E-state index in [1.165, 1.54) is 90.4 Å². The maximum absolute atomic E-state index is 3.68. The molecule has 1 aliphatic carbocycles. The zero-order chi connectivity index (χ0) is 12.3. The van der Waals surface area contributed by atoms with Crippen LogP contribution < -0.4 is 5.32 Å². The molecular formula is C16H30N2. The Morgan fingerprint density at radius 3 is 2.39 bits per heavy atom. The minimum Gasteiger partial charge on any atom is -0.314 e. The van der Waals surface area contributed by atoms with Gasteiger partial charge in [0, 0.05) is 6.04 Å². The summed E-state index contributed by atoms with van der Waals surface area (Å²) in [6.07, 6.45) is 14.7. The van der Waals surface area contributed by atoms with Crippen LogP contribution in [-0.4, -0.2) is 37.1 Å². The van der Waals surface area contributed by atoms with Gasteiger partial charge in [-0.3, -0.25) is 0 Å². The largest absolute Gasteiger partial charge is 0.314 e. The molecule has 2 heterocycles. The molecule has 2 nitrogen and oxygen atoms in total. The van der Waals surface area contributed by atoms with Crippen LogP contribution in [0.3, 0.4) is 0 Å². The van der Waals surface area contributed by atoms with Crippen LogP contribution in [0.15, 0.2) is 0 Å². The fourth-order valence-corrected chi connectivity index (χ4v) is 4.38. The second-order valence-corrected chi connectivity index (χ2v) is 6.98. The molecule has 0 aromatic heterocycles. The molecule has 1 atom stereocenters. The SMILES string of the molecule is C1CCC(CCN2CCC3(CCCC3)CC2)NC1. The summed E-state index contributed by atoms with van der Waals surface area (Å²) in [6, 6.07) is 0.820. The third-order valence-electron chi connectivity index (χ3n) is 5.79. The fourth-order valence-electron chi connectivity index (χ4n) is 4.38. The molecule has 1 spiro atoms. The Kier molecular flexibility index (Phi) is 4.25. The van der Waals surface area contributed by atoms with Gasteiger partial charge < -0.3 is 10.2 Å². The van der Waals surface area contributed by atoms with E-state index >= 15 is 0 Å². The lowest BCUT2D eigenvalue weighted by atomic mass is 9.77. The minimum absolute atomic E-state index is 0.791. The summed E-state index contributed by atoms with van der Waals surface area (Å²) in [4.78, 5) is 2.74. The van der Waals surface area contributed by atoms with E-state index in [-0.39, 0.29) is 0 Å². The summed E-state index contributed by atoms with van der Waals surface area (Å²) in [5.74, 6) is 0. The van der Waals surface area contributed by atoms with Gasteiger partial charge in [-0.15, -0.1) is 0 Å². The lowest BCUT2D eigenvalue weighted by Gasteiger charge is -2.40. The van der Waals surface area contributed by atoms with Gasteiger partial charge in [0.1, 0.15) is 0 Å². The predicted molar refractivity (Wildman–Crippen MR) is 76.8 cm³/mol. The van der Waals surface area contributed by atoms with Crippen LogP contribution in [0.2, 0.25) is 0 Å². The summed E-state index contributed by atoms with van der Waals surface area (Å²) >= 11 is 0. The van der Waals surface area contributed by atoms with Crippen molar-refractivity contribution in [3.63, 3.8) is 0 Å². The molecule has 2 saturated heterocycles. The van der Waals surface area contributed by atoms with Gasteiger partial charge in [0.2, 0.25) is 0 Å². The van der Waals surface area contributed by atoms with Crippen LogP contribution in [0.1, 0.15) is 64.2 Å². The first kappa shape index (κ1) is 12.9. The first-order valence-electron chi connectivity index (χ1n) is 8.32. The summed E-state index contributed by atoms with van der Waals surface area (Å²) < 4.78 is 0. The van der Waals surface area contributed by atoms with Crippen LogP contribution >= 0.6 is 0 Å². The van der Waals surface area contributed by atoms with Crippen molar-refractivity contribution in [2.45, 2.75) is 70.3 Å². The molecule has 2 heteroatoms. The number of hydrogen-bond donors (Lipinski definition) is 1. The van der Waals surface area contributed by atoms with Gasteiger partial charge in [0.25, 0.3) is 0 Å². The molecule has 0 bridgehead atoms.